The zero-order valence-electron chi connectivity index (χ0n) is 14.5. The highest BCUT2D eigenvalue weighted by Crippen LogP contribution is 2.39. The fourth-order valence-electron chi connectivity index (χ4n) is 2.49. The number of rotatable bonds is 6. The average molecular weight is 464 g/mol. The standard InChI is InChI=1S/C19H14BrNO6S/c1-26-15-8-11(6-7-14(15)27-10-17(22)23)9-16-18(24)21(19(25)28-16)13-5-3-2-4-12(13)20/h2-9H,10H2,1H3,(H,22,23)/b16-9+. The van der Waals surface area contributed by atoms with Crippen molar-refractivity contribution in [2.75, 3.05) is 18.6 Å². The normalized spacial score (nSPS) is 15.2. The molecule has 0 unspecified atom stereocenters. The smallest absolute Gasteiger partial charge is 0.341 e. The molecule has 1 N–H and O–H groups in total. The number of ether oxygens (including phenoxy) is 2. The van der Waals surface area contributed by atoms with E-state index < -0.39 is 23.7 Å². The van der Waals surface area contributed by atoms with Gasteiger partial charge in [0, 0.05) is 4.47 Å². The van der Waals surface area contributed by atoms with E-state index >= 15 is 0 Å². The number of thioether (sulfide) groups is 1. The lowest BCUT2D eigenvalue weighted by molar-refractivity contribution is -0.139. The summed E-state index contributed by atoms with van der Waals surface area (Å²) in [6.45, 7) is -0.499. The van der Waals surface area contributed by atoms with Crippen LogP contribution >= 0.6 is 27.7 Å². The molecule has 0 spiro atoms. The van der Waals surface area contributed by atoms with E-state index in [4.69, 9.17) is 14.6 Å². The van der Waals surface area contributed by atoms with Gasteiger partial charge < -0.3 is 14.6 Å². The number of benzene rings is 2. The summed E-state index contributed by atoms with van der Waals surface area (Å²) < 4.78 is 11.0. The number of hydrogen-bond acceptors (Lipinski definition) is 6. The zero-order valence-corrected chi connectivity index (χ0v) is 17.0. The van der Waals surface area contributed by atoms with Crippen molar-refractivity contribution in [2.45, 2.75) is 0 Å². The number of para-hydroxylation sites is 1. The minimum atomic E-state index is -1.10. The number of halogens is 1. The van der Waals surface area contributed by atoms with Crippen LogP contribution < -0.4 is 14.4 Å². The molecule has 0 radical (unpaired) electrons. The molecule has 0 aliphatic carbocycles. The summed E-state index contributed by atoms with van der Waals surface area (Å²) in [6.07, 6.45) is 1.57. The van der Waals surface area contributed by atoms with Crippen molar-refractivity contribution < 1.29 is 29.0 Å². The molecule has 1 saturated heterocycles. The lowest BCUT2D eigenvalue weighted by Gasteiger charge is -2.14. The van der Waals surface area contributed by atoms with Crippen molar-refractivity contribution in [1.82, 2.24) is 0 Å². The number of amides is 2. The molecule has 28 heavy (non-hydrogen) atoms. The number of carbonyl (C=O) groups is 3. The van der Waals surface area contributed by atoms with E-state index in [1.807, 2.05) is 0 Å². The highest BCUT2D eigenvalue weighted by Gasteiger charge is 2.37. The van der Waals surface area contributed by atoms with Crippen molar-refractivity contribution >= 4 is 56.6 Å². The summed E-state index contributed by atoms with van der Waals surface area (Å²) >= 11 is 4.19. The Morgan fingerprint density at radius 3 is 2.64 bits per heavy atom. The van der Waals surface area contributed by atoms with Gasteiger partial charge in [-0.15, -0.1) is 0 Å². The lowest BCUT2D eigenvalue weighted by atomic mass is 10.2. The van der Waals surface area contributed by atoms with E-state index in [-0.39, 0.29) is 10.7 Å². The second kappa shape index (κ2) is 8.49. The van der Waals surface area contributed by atoms with Crippen LogP contribution in [0.5, 0.6) is 11.5 Å². The molecule has 1 fully saturated rings. The molecule has 0 atom stereocenters. The predicted octanol–water partition coefficient (Wildman–Crippen LogP) is 4.16. The number of carboxylic acids is 1. The van der Waals surface area contributed by atoms with Crippen LogP contribution in [0.3, 0.4) is 0 Å². The molecule has 1 heterocycles. The number of nitrogens with zero attached hydrogens (tertiary/aromatic N) is 1. The Kier molecular flexibility index (Phi) is 6.05. The van der Waals surface area contributed by atoms with Crippen molar-refractivity contribution in [3.05, 3.63) is 57.4 Å². The first-order chi connectivity index (χ1) is 13.4. The lowest BCUT2D eigenvalue weighted by Crippen LogP contribution is -2.27. The number of carbonyl (C=O) groups excluding carboxylic acids is 2. The van der Waals surface area contributed by atoms with Crippen molar-refractivity contribution in [3.8, 4) is 11.5 Å². The Hall–Kier alpha value is -2.78. The molecule has 2 aromatic carbocycles. The van der Waals surface area contributed by atoms with E-state index in [0.717, 1.165) is 16.7 Å². The number of aliphatic carboxylic acids is 1. The SMILES string of the molecule is COc1cc(/C=C2/SC(=O)N(c3ccccc3Br)C2=O)ccc1OCC(=O)O. The van der Waals surface area contributed by atoms with Gasteiger partial charge in [0.15, 0.2) is 18.1 Å². The molecule has 0 saturated carbocycles. The van der Waals surface area contributed by atoms with Crippen LogP contribution in [0.25, 0.3) is 6.08 Å². The van der Waals surface area contributed by atoms with Gasteiger partial charge in [0.05, 0.1) is 17.7 Å². The topological polar surface area (TPSA) is 93.1 Å². The Morgan fingerprint density at radius 2 is 1.96 bits per heavy atom. The Morgan fingerprint density at radius 1 is 1.21 bits per heavy atom. The summed E-state index contributed by atoms with van der Waals surface area (Å²) in [5, 5.41) is 8.33. The highest BCUT2D eigenvalue weighted by atomic mass is 79.9. The van der Waals surface area contributed by atoms with E-state index in [9.17, 15) is 14.4 Å². The van der Waals surface area contributed by atoms with Crippen LogP contribution in [0.1, 0.15) is 5.56 Å². The van der Waals surface area contributed by atoms with Crippen LogP contribution in [-0.4, -0.2) is 35.9 Å². The third kappa shape index (κ3) is 4.20. The van der Waals surface area contributed by atoms with E-state index in [2.05, 4.69) is 15.9 Å². The Balaban J connectivity index is 1.88. The summed E-state index contributed by atoms with van der Waals surface area (Å²) in [6, 6.07) is 11.8. The molecular weight excluding hydrogens is 450 g/mol. The number of methoxy groups -OCH3 is 1. The number of imide groups is 1. The fourth-order valence-corrected chi connectivity index (χ4v) is 3.79. The molecule has 9 heteroatoms. The van der Waals surface area contributed by atoms with Gasteiger partial charge in [-0.3, -0.25) is 9.59 Å². The van der Waals surface area contributed by atoms with E-state index in [1.165, 1.54) is 7.11 Å². The van der Waals surface area contributed by atoms with E-state index in [1.54, 1.807) is 48.5 Å². The molecule has 0 aromatic heterocycles. The monoisotopic (exact) mass is 463 g/mol. The summed E-state index contributed by atoms with van der Waals surface area (Å²) in [4.78, 5) is 37.1. The van der Waals surface area contributed by atoms with Crippen LogP contribution in [0.4, 0.5) is 10.5 Å². The molecule has 144 valence electrons. The maximum absolute atomic E-state index is 12.7. The van der Waals surface area contributed by atoms with Crippen LogP contribution in [0.15, 0.2) is 51.8 Å². The molecule has 2 amide bonds. The summed E-state index contributed by atoms with van der Waals surface area (Å²) in [5.74, 6) is -0.942. The van der Waals surface area contributed by atoms with Gasteiger partial charge in [-0.05, 0) is 63.6 Å². The Labute approximate surface area is 173 Å². The molecule has 2 aromatic rings. The third-order valence-electron chi connectivity index (χ3n) is 3.72. The minimum Gasteiger partial charge on any atom is -0.493 e. The zero-order chi connectivity index (χ0) is 20.3. The van der Waals surface area contributed by atoms with Gasteiger partial charge in [0.1, 0.15) is 0 Å². The van der Waals surface area contributed by atoms with Gasteiger partial charge in [-0.1, -0.05) is 18.2 Å². The number of anilines is 1. The van der Waals surface area contributed by atoms with Crippen LogP contribution in [0.2, 0.25) is 0 Å². The minimum absolute atomic E-state index is 0.266. The van der Waals surface area contributed by atoms with Gasteiger partial charge in [-0.25, -0.2) is 9.69 Å². The summed E-state index contributed by atoms with van der Waals surface area (Å²) in [5.41, 5.74) is 1.08. The maximum Gasteiger partial charge on any atom is 0.341 e. The van der Waals surface area contributed by atoms with E-state index in [0.29, 0.717) is 21.5 Å². The third-order valence-corrected chi connectivity index (χ3v) is 5.26. The molecule has 3 rings (SSSR count). The number of carboxylic acid groups (broad SMARTS) is 1. The fraction of sp³-hybridized carbons (Fsp3) is 0.105. The second-order valence-corrected chi connectivity index (χ2v) is 7.41. The first-order valence-electron chi connectivity index (χ1n) is 7.96. The molecule has 1 aliphatic heterocycles. The molecule has 7 nitrogen and oxygen atoms in total. The molecule has 1 aliphatic rings. The molecule has 0 bridgehead atoms. The van der Waals surface area contributed by atoms with Gasteiger partial charge in [0.2, 0.25) is 0 Å². The largest absolute Gasteiger partial charge is 0.493 e. The summed E-state index contributed by atoms with van der Waals surface area (Å²) in [7, 11) is 1.42. The maximum atomic E-state index is 12.7. The van der Waals surface area contributed by atoms with Crippen LogP contribution in [0, 0.1) is 0 Å². The van der Waals surface area contributed by atoms with Crippen molar-refractivity contribution in [2.24, 2.45) is 0 Å². The Bertz CT molecular complexity index is 990. The van der Waals surface area contributed by atoms with Gasteiger partial charge in [0.25, 0.3) is 11.1 Å². The van der Waals surface area contributed by atoms with Gasteiger partial charge >= 0.3 is 5.97 Å². The van der Waals surface area contributed by atoms with Crippen molar-refractivity contribution in [1.29, 1.82) is 0 Å². The first-order valence-corrected chi connectivity index (χ1v) is 9.56. The van der Waals surface area contributed by atoms with Crippen LogP contribution in [-0.2, 0) is 9.59 Å². The van der Waals surface area contributed by atoms with Crippen molar-refractivity contribution in [3.63, 3.8) is 0 Å². The highest BCUT2D eigenvalue weighted by molar-refractivity contribution is 9.10. The average Bonchev–Trinajstić information content (AvgIpc) is 2.94. The quantitative estimate of drug-likeness (QED) is 0.642. The second-order valence-electron chi connectivity index (χ2n) is 5.56. The molecular formula is C19H14BrNO6S. The predicted molar refractivity (Wildman–Crippen MR) is 109 cm³/mol. The van der Waals surface area contributed by atoms with Gasteiger partial charge in [-0.2, -0.15) is 0 Å². The number of hydrogen-bond donors (Lipinski definition) is 1. The first kappa shape index (κ1) is 20.0.